The van der Waals surface area contributed by atoms with Gasteiger partial charge in [-0.15, -0.1) is 0 Å². The van der Waals surface area contributed by atoms with Crippen molar-refractivity contribution in [2.75, 3.05) is 36.8 Å². The van der Waals surface area contributed by atoms with E-state index in [9.17, 15) is 4.79 Å². The van der Waals surface area contributed by atoms with Gasteiger partial charge in [-0.05, 0) is 62.0 Å². The predicted molar refractivity (Wildman–Crippen MR) is 137 cm³/mol. The van der Waals surface area contributed by atoms with Gasteiger partial charge in [0.05, 0.1) is 5.57 Å². The summed E-state index contributed by atoms with van der Waals surface area (Å²) in [4.78, 5) is 14.3. The summed E-state index contributed by atoms with van der Waals surface area (Å²) < 4.78 is 0. The molecule has 33 heavy (non-hydrogen) atoms. The highest BCUT2D eigenvalue weighted by Crippen LogP contribution is 2.18. The summed E-state index contributed by atoms with van der Waals surface area (Å²) in [6.45, 7) is 9.27. The minimum absolute atomic E-state index is 0.167. The van der Waals surface area contributed by atoms with E-state index in [-0.39, 0.29) is 6.17 Å². The van der Waals surface area contributed by atoms with Crippen LogP contribution in [0.4, 0.5) is 11.4 Å². The average Bonchev–Trinajstić information content (AvgIpc) is 2.84. The van der Waals surface area contributed by atoms with Crippen LogP contribution in [-0.2, 0) is 11.3 Å². The smallest absolute Gasteiger partial charge is 0.252 e. The zero-order chi connectivity index (χ0) is 23.5. The summed E-state index contributed by atoms with van der Waals surface area (Å²) in [5.41, 5.74) is 9.94. The molecule has 0 aromatic heterocycles. The first-order chi connectivity index (χ1) is 16.1. The normalized spacial score (nSPS) is 15.3. The Kier molecular flexibility index (Phi) is 9.20. The van der Waals surface area contributed by atoms with Crippen molar-refractivity contribution < 1.29 is 4.79 Å². The second kappa shape index (κ2) is 12.6. The first kappa shape index (κ1) is 24.2. The Bertz CT molecular complexity index is 935. The second-order valence-corrected chi connectivity index (χ2v) is 8.01. The molecule has 1 aliphatic heterocycles. The van der Waals surface area contributed by atoms with Crippen LogP contribution < -0.4 is 27.0 Å². The Morgan fingerprint density at radius 1 is 1.00 bits per heavy atom. The molecule has 1 atom stereocenters. The Morgan fingerprint density at radius 3 is 2.36 bits per heavy atom. The molecule has 0 aliphatic carbocycles. The van der Waals surface area contributed by atoms with Crippen molar-refractivity contribution in [3.05, 3.63) is 83.7 Å². The third-order valence-electron chi connectivity index (χ3n) is 5.70. The van der Waals surface area contributed by atoms with E-state index in [0.29, 0.717) is 17.8 Å². The lowest BCUT2D eigenvalue weighted by atomic mass is 10.1. The molecule has 0 bridgehead atoms. The first-order valence-electron chi connectivity index (χ1n) is 11.7. The van der Waals surface area contributed by atoms with Crippen LogP contribution >= 0.6 is 0 Å². The van der Waals surface area contributed by atoms with E-state index in [1.165, 1.54) is 0 Å². The number of anilines is 2. The molecule has 7 nitrogen and oxygen atoms in total. The van der Waals surface area contributed by atoms with Gasteiger partial charge < -0.3 is 31.9 Å². The van der Waals surface area contributed by atoms with Crippen LogP contribution in [0.3, 0.4) is 0 Å². The summed E-state index contributed by atoms with van der Waals surface area (Å²) in [5, 5.41) is 13.5. The Hall–Kier alpha value is -3.45. The fourth-order valence-electron chi connectivity index (χ4n) is 3.73. The molecule has 0 saturated carbocycles. The predicted octanol–water partition coefficient (Wildman–Crippen LogP) is 3.21. The molecule has 1 unspecified atom stereocenters. The fourth-order valence-corrected chi connectivity index (χ4v) is 3.73. The molecule has 7 heteroatoms. The molecule has 0 radical (unpaired) electrons. The Labute approximate surface area is 197 Å². The highest BCUT2D eigenvalue weighted by atomic mass is 16.1. The van der Waals surface area contributed by atoms with Crippen molar-refractivity contribution in [2.24, 2.45) is 5.73 Å². The van der Waals surface area contributed by atoms with Gasteiger partial charge in [0.15, 0.2) is 0 Å². The summed E-state index contributed by atoms with van der Waals surface area (Å²) >= 11 is 0. The first-order valence-corrected chi connectivity index (χ1v) is 11.7. The zero-order valence-corrected chi connectivity index (χ0v) is 19.6. The third kappa shape index (κ3) is 7.57. The van der Waals surface area contributed by atoms with Crippen molar-refractivity contribution in [3.63, 3.8) is 0 Å². The van der Waals surface area contributed by atoms with Crippen LogP contribution in [0.1, 0.15) is 25.8 Å². The maximum Gasteiger partial charge on any atom is 0.252 e. The third-order valence-corrected chi connectivity index (χ3v) is 5.70. The average molecular weight is 449 g/mol. The molecule has 176 valence electrons. The number of hydrogen-bond donors (Lipinski definition) is 5. The molecule has 1 aliphatic rings. The van der Waals surface area contributed by atoms with Gasteiger partial charge in [0, 0.05) is 36.4 Å². The van der Waals surface area contributed by atoms with Gasteiger partial charge in [0.2, 0.25) is 0 Å². The van der Waals surface area contributed by atoms with Crippen molar-refractivity contribution in [1.82, 2.24) is 15.5 Å². The molecule has 0 fully saturated rings. The van der Waals surface area contributed by atoms with Crippen molar-refractivity contribution in [3.8, 4) is 0 Å². The maximum atomic E-state index is 11.9. The number of nitrogens with two attached hydrogens (primary N) is 1. The minimum atomic E-state index is -0.468. The number of hydrogen-bond acceptors (Lipinski definition) is 6. The molecule has 6 N–H and O–H groups in total. The Balaban J connectivity index is 1.53. The number of amides is 1. The van der Waals surface area contributed by atoms with Crippen LogP contribution in [-0.4, -0.2) is 43.2 Å². The van der Waals surface area contributed by atoms with E-state index in [2.05, 4.69) is 52.1 Å². The SMILES string of the molecule is CCN(CC)CCCNc1ccc(NC2C=C(NCc3ccccc3)C(C(N)=O)=CN2)cc1. The summed E-state index contributed by atoms with van der Waals surface area (Å²) in [6.07, 6.45) is 4.56. The second-order valence-electron chi connectivity index (χ2n) is 8.01. The molecule has 1 amide bonds. The van der Waals surface area contributed by atoms with Crippen LogP contribution in [0.5, 0.6) is 0 Å². The molecular weight excluding hydrogens is 412 g/mol. The van der Waals surface area contributed by atoms with Crippen LogP contribution in [0.25, 0.3) is 0 Å². The van der Waals surface area contributed by atoms with Gasteiger partial charge in [-0.2, -0.15) is 0 Å². The minimum Gasteiger partial charge on any atom is -0.385 e. The van der Waals surface area contributed by atoms with E-state index in [1.807, 2.05) is 48.5 Å². The fraction of sp³-hybridized carbons (Fsp3) is 0.346. The maximum absolute atomic E-state index is 11.9. The number of benzene rings is 2. The standard InChI is InChI=1S/C26H36N6O/c1-3-32(4-2)16-8-15-28-21-11-13-22(14-12-21)31-25-17-24(23(19-30-25)26(27)33)29-18-20-9-6-5-7-10-20/h5-7,9-14,17,19,25,28-31H,3-4,8,15-16,18H2,1-2H3,(H2,27,33). The van der Waals surface area contributed by atoms with Gasteiger partial charge in [0.25, 0.3) is 5.91 Å². The quantitative estimate of drug-likeness (QED) is 0.302. The lowest BCUT2D eigenvalue weighted by Gasteiger charge is -2.25. The zero-order valence-electron chi connectivity index (χ0n) is 19.6. The molecule has 2 aromatic rings. The van der Waals surface area contributed by atoms with Crippen LogP contribution in [0.15, 0.2) is 78.1 Å². The molecule has 1 heterocycles. The van der Waals surface area contributed by atoms with Crippen molar-refractivity contribution >= 4 is 17.3 Å². The van der Waals surface area contributed by atoms with Crippen molar-refractivity contribution in [1.29, 1.82) is 0 Å². The van der Waals surface area contributed by atoms with Gasteiger partial charge >= 0.3 is 0 Å². The Morgan fingerprint density at radius 2 is 1.70 bits per heavy atom. The van der Waals surface area contributed by atoms with Crippen LogP contribution in [0, 0.1) is 0 Å². The number of nitrogens with zero attached hydrogens (tertiary/aromatic N) is 1. The lowest BCUT2D eigenvalue weighted by Crippen LogP contribution is -2.38. The van der Waals surface area contributed by atoms with Gasteiger partial charge in [0.1, 0.15) is 6.17 Å². The molecular formula is C26H36N6O. The van der Waals surface area contributed by atoms with E-state index in [1.54, 1.807) is 6.20 Å². The number of rotatable bonds is 13. The summed E-state index contributed by atoms with van der Waals surface area (Å²) in [6, 6.07) is 18.3. The number of dihydropyridines is 1. The monoisotopic (exact) mass is 448 g/mol. The molecule has 2 aromatic carbocycles. The number of nitrogens with one attached hydrogen (secondary N) is 4. The largest absolute Gasteiger partial charge is 0.385 e. The highest BCUT2D eigenvalue weighted by molar-refractivity contribution is 5.96. The molecule has 3 rings (SSSR count). The van der Waals surface area contributed by atoms with E-state index in [4.69, 9.17) is 5.73 Å². The summed E-state index contributed by atoms with van der Waals surface area (Å²) in [5.74, 6) is -0.468. The van der Waals surface area contributed by atoms with Crippen molar-refractivity contribution in [2.45, 2.75) is 33.0 Å². The molecule has 0 spiro atoms. The van der Waals surface area contributed by atoms with E-state index < -0.39 is 5.91 Å². The number of carbonyl (C=O) groups excluding carboxylic acids is 1. The topological polar surface area (TPSA) is 94.4 Å². The number of primary amides is 1. The summed E-state index contributed by atoms with van der Waals surface area (Å²) in [7, 11) is 0. The highest BCUT2D eigenvalue weighted by Gasteiger charge is 2.19. The van der Waals surface area contributed by atoms with Crippen LogP contribution in [0.2, 0.25) is 0 Å². The lowest BCUT2D eigenvalue weighted by molar-refractivity contribution is -0.114. The van der Waals surface area contributed by atoms with E-state index in [0.717, 1.165) is 49.5 Å². The molecule has 0 saturated heterocycles. The van der Waals surface area contributed by atoms with Gasteiger partial charge in [-0.3, -0.25) is 4.79 Å². The van der Waals surface area contributed by atoms with E-state index >= 15 is 0 Å². The van der Waals surface area contributed by atoms with Gasteiger partial charge in [-0.1, -0.05) is 44.2 Å². The number of carbonyl (C=O) groups is 1. The van der Waals surface area contributed by atoms with Gasteiger partial charge in [-0.25, -0.2) is 0 Å².